The Hall–Kier alpha value is -2.67. The lowest BCUT2D eigenvalue weighted by atomic mass is 10.2. The van der Waals surface area contributed by atoms with Crippen LogP contribution in [0, 0.1) is 5.92 Å². The molecule has 1 aliphatic heterocycles. The van der Waals surface area contributed by atoms with Crippen molar-refractivity contribution in [1.82, 2.24) is 4.90 Å². The molecule has 2 aromatic carbocycles. The smallest absolute Gasteiger partial charge is 0.329 e. The van der Waals surface area contributed by atoms with Gasteiger partial charge in [-0.2, -0.15) is 0 Å². The summed E-state index contributed by atoms with van der Waals surface area (Å²) in [5, 5.41) is 2.64. The summed E-state index contributed by atoms with van der Waals surface area (Å²) < 4.78 is 10.6. The minimum absolute atomic E-state index is 0.236. The highest BCUT2D eigenvalue weighted by Crippen LogP contribution is 2.42. The molecule has 6 nitrogen and oxygen atoms in total. The van der Waals surface area contributed by atoms with E-state index in [0.29, 0.717) is 23.8 Å². The van der Waals surface area contributed by atoms with Crippen molar-refractivity contribution in [1.29, 1.82) is 0 Å². The van der Waals surface area contributed by atoms with Crippen LogP contribution in [0.2, 0.25) is 0 Å². The van der Waals surface area contributed by atoms with E-state index in [0.717, 1.165) is 5.56 Å². The molecule has 1 N–H and O–H groups in total. The Balaban J connectivity index is 1.81. The zero-order valence-electron chi connectivity index (χ0n) is 16.8. The molecule has 0 spiro atoms. The number of carbonyl (C=O) groups is 2. The first kappa shape index (κ1) is 21.0. The summed E-state index contributed by atoms with van der Waals surface area (Å²) in [7, 11) is 1.59. The highest BCUT2D eigenvalue weighted by Gasteiger charge is 2.43. The van der Waals surface area contributed by atoms with E-state index in [-0.39, 0.29) is 23.3 Å². The minimum Gasteiger partial charge on any atom is -0.497 e. The van der Waals surface area contributed by atoms with Gasteiger partial charge in [-0.05, 0) is 35.7 Å². The molecule has 2 aromatic rings. The quantitative estimate of drug-likeness (QED) is 0.703. The number of amides is 2. The summed E-state index contributed by atoms with van der Waals surface area (Å²) in [5.74, 6) is 1.07. The third-order valence-corrected chi connectivity index (χ3v) is 5.82. The maximum atomic E-state index is 13.2. The van der Waals surface area contributed by atoms with E-state index < -0.39 is 6.04 Å². The molecule has 0 aromatic heterocycles. The Morgan fingerprint density at radius 3 is 2.45 bits per heavy atom. The number of nitrogens with zero attached hydrogens (tertiary/aromatic N) is 1. The fourth-order valence-corrected chi connectivity index (χ4v) is 4.43. The van der Waals surface area contributed by atoms with Crippen molar-refractivity contribution in [2.45, 2.75) is 25.3 Å². The molecule has 3 rings (SSSR count). The molecular formula is C22H26N2O4S. The van der Waals surface area contributed by atoms with E-state index in [9.17, 15) is 9.59 Å². The summed E-state index contributed by atoms with van der Waals surface area (Å²) in [4.78, 5) is 27.5. The SMILES string of the molecule is COc1ccc(NC(=O)N2[C@H](C(=O)OCC(C)C)CS[C@H]2c2ccccc2)cc1. The molecular weight excluding hydrogens is 388 g/mol. The van der Waals surface area contributed by atoms with E-state index >= 15 is 0 Å². The average molecular weight is 415 g/mol. The van der Waals surface area contributed by atoms with Gasteiger partial charge < -0.3 is 14.8 Å². The molecule has 0 saturated carbocycles. The predicted molar refractivity (Wildman–Crippen MR) is 115 cm³/mol. The van der Waals surface area contributed by atoms with Crippen LogP contribution in [-0.4, -0.2) is 42.4 Å². The lowest BCUT2D eigenvalue weighted by Crippen LogP contribution is -2.46. The lowest BCUT2D eigenvalue weighted by Gasteiger charge is -2.29. The van der Waals surface area contributed by atoms with E-state index in [1.807, 2.05) is 44.2 Å². The standard InChI is InChI=1S/C22H26N2O4S/c1-15(2)13-28-21(25)19-14-29-20(16-7-5-4-6-8-16)24(19)22(26)23-17-9-11-18(27-3)12-10-17/h4-12,15,19-20H,13-14H2,1-3H3,(H,23,26)/t19-,20-/m0/s1. The second-order valence-electron chi connectivity index (χ2n) is 7.20. The Kier molecular flexibility index (Phi) is 7.04. The molecule has 1 fully saturated rings. The van der Waals surface area contributed by atoms with Gasteiger partial charge in [0.2, 0.25) is 0 Å². The highest BCUT2D eigenvalue weighted by molar-refractivity contribution is 7.99. The van der Waals surface area contributed by atoms with Crippen molar-refractivity contribution in [3.8, 4) is 5.75 Å². The molecule has 0 bridgehead atoms. The summed E-state index contributed by atoms with van der Waals surface area (Å²) in [6.45, 7) is 4.30. The number of anilines is 1. The number of thioether (sulfide) groups is 1. The number of methoxy groups -OCH3 is 1. The van der Waals surface area contributed by atoms with Gasteiger partial charge in [0.1, 0.15) is 17.2 Å². The Morgan fingerprint density at radius 2 is 1.83 bits per heavy atom. The van der Waals surface area contributed by atoms with Crippen LogP contribution in [-0.2, 0) is 9.53 Å². The average Bonchev–Trinajstić information content (AvgIpc) is 3.18. The van der Waals surface area contributed by atoms with Gasteiger partial charge in [0, 0.05) is 11.4 Å². The molecule has 2 amide bonds. The van der Waals surface area contributed by atoms with Gasteiger partial charge in [-0.15, -0.1) is 11.8 Å². The number of esters is 1. The van der Waals surface area contributed by atoms with Crippen LogP contribution >= 0.6 is 11.8 Å². The van der Waals surface area contributed by atoms with Gasteiger partial charge in [0.05, 0.1) is 13.7 Å². The Labute approximate surface area is 175 Å². The number of hydrogen-bond acceptors (Lipinski definition) is 5. The number of ether oxygens (including phenoxy) is 2. The minimum atomic E-state index is -0.637. The predicted octanol–water partition coefficient (Wildman–Crippen LogP) is 4.54. The van der Waals surface area contributed by atoms with Crippen LogP contribution in [0.5, 0.6) is 5.75 Å². The van der Waals surface area contributed by atoms with Crippen LogP contribution in [0.15, 0.2) is 54.6 Å². The number of urea groups is 1. The molecule has 0 aliphatic carbocycles. The molecule has 0 radical (unpaired) electrons. The second-order valence-corrected chi connectivity index (χ2v) is 8.32. The van der Waals surface area contributed by atoms with Crippen molar-refractivity contribution < 1.29 is 19.1 Å². The van der Waals surface area contributed by atoms with Crippen LogP contribution in [0.1, 0.15) is 24.8 Å². The fourth-order valence-electron chi connectivity index (χ4n) is 3.02. The summed E-state index contributed by atoms with van der Waals surface area (Å²) in [5.41, 5.74) is 1.61. The van der Waals surface area contributed by atoms with Gasteiger partial charge >= 0.3 is 12.0 Å². The molecule has 0 unspecified atom stereocenters. The maximum Gasteiger partial charge on any atom is 0.329 e. The normalized spacial score (nSPS) is 18.6. The van der Waals surface area contributed by atoms with Crippen molar-refractivity contribution in [2.75, 3.05) is 24.8 Å². The van der Waals surface area contributed by atoms with Crippen LogP contribution in [0.4, 0.5) is 10.5 Å². The first-order valence-electron chi connectivity index (χ1n) is 9.56. The Bertz CT molecular complexity index is 826. The van der Waals surface area contributed by atoms with E-state index in [2.05, 4.69) is 5.32 Å². The highest BCUT2D eigenvalue weighted by atomic mass is 32.2. The van der Waals surface area contributed by atoms with Gasteiger partial charge in [-0.3, -0.25) is 4.90 Å². The van der Waals surface area contributed by atoms with Gasteiger partial charge in [-0.25, -0.2) is 9.59 Å². The fraction of sp³-hybridized carbons (Fsp3) is 0.364. The Morgan fingerprint density at radius 1 is 1.14 bits per heavy atom. The van der Waals surface area contributed by atoms with Crippen molar-refractivity contribution >= 4 is 29.4 Å². The van der Waals surface area contributed by atoms with Crippen molar-refractivity contribution in [3.05, 3.63) is 60.2 Å². The van der Waals surface area contributed by atoms with E-state index in [1.165, 1.54) is 0 Å². The number of carbonyl (C=O) groups excluding carboxylic acids is 2. The lowest BCUT2D eigenvalue weighted by molar-refractivity contribution is -0.149. The van der Waals surface area contributed by atoms with Gasteiger partial charge in [-0.1, -0.05) is 44.2 Å². The molecule has 7 heteroatoms. The topological polar surface area (TPSA) is 67.9 Å². The largest absolute Gasteiger partial charge is 0.497 e. The number of nitrogens with one attached hydrogen (secondary N) is 1. The number of benzene rings is 2. The van der Waals surface area contributed by atoms with Gasteiger partial charge in [0.25, 0.3) is 0 Å². The third-order valence-electron chi connectivity index (χ3n) is 4.49. The van der Waals surface area contributed by atoms with Crippen LogP contribution < -0.4 is 10.1 Å². The molecule has 1 aliphatic rings. The summed E-state index contributed by atoms with van der Waals surface area (Å²) >= 11 is 1.56. The molecule has 29 heavy (non-hydrogen) atoms. The zero-order chi connectivity index (χ0) is 20.8. The van der Waals surface area contributed by atoms with E-state index in [1.54, 1.807) is 48.0 Å². The van der Waals surface area contributed by atoms with E-state index in [4.69, 9.17) is 9.47 Å². The van der Waals surface area contributed by atoms with Crippen molar-refractivity contribution in [3.63, 3.8) is 0 Å². The molecule has 154 valence electrons. The first-order chi connectivity index (χ1) is 14.0. The van der Waals surface area contributed by atoms with Gasteiger partial charge in [0.15, 0.2) is 0 Å². The second kappa shape index (κ2) is 9.69. The summed E-state index contributed by atoms with van der Waals surface area (Å²) in [6.07, 6.45) is 0. The van der Waals surface area contributed by atoms with Crippen LogP contribution in [0.3, 0.4) is 0 Å². The zero-order valence-corrected chi connectivity index (χ0v) is 17.6. The van der Waals surface area contributed by atoms with Crippen molar-refractivity contribution in [2.24, 2.45) is 5.92 Å². The van der Waals surface area contributed by atoms with Crippen LogP contribution in [0.25, 0.3) is 0 Å². The molecule has 2 atom stereocenters. The number of rotatable bonds is 6. The summed E-state index contributed by atoms with van der Waals surface area (Å²) in [6, 6.07) is 15.8. The monoisotopic (exact) mass is 414 g/mol. The number of hydrogen-bond donors (Lipinski definition) is 1. The third kappa shape index (κ3) is 5.23. The first-order valence-corrected chi connectivity index (χ1v) is 10.6. The molecule has 1 saturated heterocycles. The molecule has 1 heterocycles. The maximum absolute atomic E-state index is 13.2.